The van der Waals surface area contributed by atoms with Crippen LogP contribution in [-0.4, -0.2) is 0 Å². The van der Waals surface area contributed by atoms with Gasteiger partial charge in [0.1, 0.15) is 0 Å². The standard InChI is InChI=1S/C43H64/c1-8-18-40(5,32-20-37(2)19-17-29-12-10-14-31(32)41(29,6)25-37)28-11-9-13-30(16-15-28)43-27-39(4)21-33-35(43)23-38(3)24-36(43)34(22-39)42(33,7)26-38/h9,11,13,16,29,31-36H,8,10,12,14-15,17-27H2,1-7H3. The van der Waals surface area contributed by atoms with Gasteiger partial charge in [0.15, 0.2) is 0 Å². The Kier molecular flexibility index (Phi) is 5.67. The van der Waals surface area contributed by atoms with Crippen LogP contribution in [0.5, 0.6) is 0 Å². The van der Waals surface area contributed by atoms with Gasteiger partial charge in [-0.2, -0.15) is 0 Å². The van der Waals surface area contributed by atoms with Crippen LogP contribution >= 0.6 is 0 Å². The lowest BCUT2D eigenvalue weighted by Crippen LogP contribution is -2.75. The van der Waals surface area contributed by atoms with E-state index in [0.717, 1.165) is 41.4 Å². The maximum absolute atomic E-state index is 2.87. The van der Waals surface area contributed by atoms with Gasteiger partial charge in [-0.15, -0.1) is 0 Å². The second-order valence-electron chi connectivity index (χ2n) is 20.9. The van der Waals surface area contributed by atoms with Crippen molar-refractivity contribution in [3.8, 4) is 0 Å². The van der Waals surface area contributed by atoms with Crippen LogP contribution in [0.15, 0.2) is 35.5 Å². The highest BCUT2D eigenvalue weighted by molar-refractivity contribution is 5.43. The fraction of sp³-hybridized carbons (Fsp3) is 0.860. The molecule has 0 heteroatoms. The van der Waals surface area contributed by atoms with Gasteiger partial charge in [-0.1, -0.05) is 91.2 Å². The van der Waals surface area contributed by atoms with Crippen molar-refractivity contribution in [2.45, 2.75) is 151 Å². The molecule has 10 bridgehead atoms. The van der Waals surface area contributed by atoms with Gasteiger partial charge in [0.05, 0.1) is 0 Å². The molecule has 43 heavy (non-hydrogen) atoms. The van der Waals surface area contributed by atoms with Crippen molar-refractivity contribution in [3.63, 3.8) is 0 Å². The van der Waals surface area contributed by atoms with E-state index in [1.54, 1.807) is 0 Å². The van der Waals surface area contributed by atoms with Crippen molar-refractivity contribution < 1.29 is 0 Å². The molecule has 10 fully saturated rings. The average Bonchev–Trinajstić information content (AvgIpc) is 3.21. The number of allylic oxidation sites excluding steroid dienone is 6. The molecule has 11 aliphatic rings. The van der Waals surface area contributed by atoms with E-state index in [-0.39, 0.29) is 0 Å². The number of hydrogen-bond acceptors (Lipinski definition) is 0. The first-order valence-electron chi connectivity index (χ1n) is 19.4. The summed E-state index contributed by atoms with van der Waals surface area (Å²) in [7, 11) is 0. The van der Waals surface area contributed by atoms with Crippen LogP contribution in [0.3, 0.4) is 0 Å². The van der Waals surface area contributed by atoms with Crippen molar-refractivity contribution in [2.75, 3.05) is 0 Å². The molecule has 0 aromatic rings. The van der Waals surface area contributed by atoms with Crippen LogP contribution in [-0.2, 0) is 0 Å². The summed E-state index contributed by atoms with van der Waals surface area (Å²) in [5, 5.41) is 0. The molecular formula is C43H64. The number of rotatable bonds is 5. The van der Waals surface area contributed by atoms with Gasteiger partial charge in [-0.25, -0.2) is 0 Å². The Balaban J connectivity index is 1.09. The molecule has 0 radical (unpaired) electrons. The molecule has 10 unspecified atom stereocenters. The topological polar surface area (TPSA) is 0 Å². The highest BCUT2D eigenvalue weighted by atomic mass is 14.8. The highest BCUT2D eigenvalue weighted by Crippen LogP contribution is 2.85. The molecule has 10 saturated carbocycles. The molecule has 0 saturated heterocycles. The molecule has 0 aliphatic heterocycles. The zero-order valence-electron chi connectivity index (χ0n) is 29.2. The Labute approximate surface area is 265 Å². The Bertz CT molecular complexity index is 1280. The maximum atomic E-state index is 2.87. The van der Waals surface area contributed by atoms with Crippen molar-refractivity contribution in [2.24, 2.45) is 79.3 Å². The number of fused-ring (bicyclic) bond motifs is 1. The largest absolute Gasteiger partial charge is 0.0766 e. The minimum atomic E-state index is 0.337. The summed E-state index contributed by atoms with van der Waals surface area (Å²) < 4.78 is 0. The predicted octanol–water partition coefficient (Wildman–Crippen LogP) is 12.1. The van der Waals surface area contributed by atoms with Crippen LogP contribution in [0.2, 0.25) is 0 Å². The third-order valence-electron chi connectivity index (χ3n) is 18.3. The lowest BCUT2D eigenvalue weighted by molar-refractivity contribution is -0.317. The van der Waals surface area contributed by atoms with E-state index < -0.39 is 0 Å². The Morgan fingerprint density at radius 3 is 2.14 bits per heavy atom. The lowest BCUT2D eigenvalue weighted by atomic mass is 9.22. The van der Waals surface area contributed by atoms with E-state index in [4.69, 9.17) is 0 Å². The third-order valence-corrected chi connectivity index (χ3v) is 18.3. The Morgan fingerprint density at radius 1 is 0.744 bits per heavy atom. The van der Waals surface area contributed by atoms with Gasteiger partial charge in [-0.3, -0.25) is 0 Å². The van der Waals surface area contributed by atoms with E-state index in [0.29, 0.717) is 37.9 Å². The minimum absolute atomic E-state index is 0.337. The number of hydrogen-bond donors (Lipinski definition) is 0. The molecule has 0 aromatic carbocycles. The summed E-state index contributed by atoms with van der Waals surface area (Å²) in [5.41, 5.74) is 7.43. The smallest absolute Gasteiger partial charge is 0.00177 e. The summed E-state index contributed by atoms with van der Waals surface area (Å²) >= 11 is 0. The van der Waals surface area contributed by atoms with Crippen LogP contribution in [0.1, 0.15) is 151 Å². The van der Waals surface area contributed by atoms with E-state index in [1.165, 1.54) is 103 Å². The van der Waals surface area contributed by atoms with Gasteiger partial charge >= 0.3 is 0 Å². The fourth-order valence-electron chi connectivity index (χ4n) is 17.3. The van der Waals surface area contributed by atoms with Crippen molar-refractivity contribution >= 4 is 0 Å². The first kappa shape index (κ1) is 28.4. The van der Waals surface area contributed by atoms with Crippen LogP contribution in [0.4, 0.5) is 0 Å². The summed E-state index contributed by atoms with van der Waals surface area (Å²) in [6.45, 7) is 18.9. The summed E-state index contributed by atoms with van der Waals surface area (Å²) in [6, 6.07) is 0. The first-order chi connectivity index (χ1) is 20.3. The molecule has 11 rings (SSSR count). The van der Waals surface area contributed by atoms with Crippen LogP contribution < -0.4 is 0 Å². The van der Waals surface area contributed by atoms with Gasteiger partial charge in [0.25, 0.3) is 0 Å². The van der Waals surface area contributed by atoms with Crippen LogP contribution in [0, 0.1) is 79.3 Å². The third kappa shape index (κ3) is 3.47. The first-order valence-corrected chi connectivity index (χ1v) is 19.4. The Morgan fingerprint density at radius 2 is 1.42 bits per heavy atom. The summed E-state index contributed by atoms with van der Waals surface area (Å²) in [6.07, 6.45) is 34.4. The zero-order valence-corrected chi connectivity index (χ0v) is 29.2. The van der Waals surface area contributed by atoms with Crippen molar-refractivity contribution in [1.29, 1.82) is 0 Å². The quantitative estimate of drug-likeness (QED) is 0.303. The molecule has 0 aromatic heterocycles. The zero-order chi connectivity index (χ0) is 29.8. The summed E-state index contributed by atoms with van der Waals surface area (Å²) in [4.78, 5) is 0. The van der Waals surface area contributed by atoms with E-state index in [9.17, 15) is 0 Å². The molecule has 10 atom stereocenters. The molecule has 236 valence electrons. The summed E-state index contributed by atoms with van der Waals surface area (Å²) in [5.74, 6) is 6.63. The van der Waals surface area contributed by atoms with Gasteiger partial charge in [-0.05, 0) is 169 Å². The second kappa shape index (κ2) is 8.57. The minimum Gasteiger partial charge on any atom is -0.0766 e. The Hall–Kier alpha value is -0.780. The molecule has 0 spiro atoms. The van der Waals surface area contributed by atoms with Gasteiger partial charge in [0, 0.05) is 5.41 Å². The van der Waals surface area contributed by atoms with E-state index in [2.05, 4.69) is 72.8 Å². The second-order valence-corrected chi connectivity index (χ2v) is 20.9. The fourth-order valence-corrected chi connectivity index (χ4v) is 17.3. The SMILES string of the molecule is CCCC(C)(C1=CC=CC(C23CC4(C)CC5C2CC2(C)CC3C(C4)C5(C)C2)=CC1)C1CC2(C)CCC3CCCC1C3(C)C2. The predicted molar refractivity (Wildman–Crippen MR) is 180 cm³/mol. The van der Waals surface area contributed by atoms with Crippen molar-refractivity contribution in [3.05, 3.63) is 35.5 Å². The lowest BCUT2D eigenvalue weighted by Gasteiger charge is -2.82. The molecular weight excluding hydrogens is 516 g/mol. The molecule has 0 nitrogen and oxygen atoms in total. The maximum Gasteiger partial charge on any atom is 0.00177 e. The molecule has 0 amide bonds. The van der Waals surface area contributed by atoms with Gasteiger partial charge < -0.3 is 0 Å². The monoisotopic (exact) mass is 581 g/mol. The normalized spacial score (nSPS) is 58.6. The highest BCUT2D eigenvalue weighted by Gasteiger charge is 2.78. The van der Waals surface area contributed by atoms with Crippen LogP contribution in [0.25, 0.3) is 0 Å². The average molecular weight is 581 g/mol. The molecule has 0 heterocycles. The molecule has 11 aliphatic carbocycles. The van der Waals surface area contributed by atoms with E-state index in [1.807, 2.05) is 11.1 Å². The van der Waals surface area contributed by atoms with Crippen molar-refractivity contribution in [1.82, 2.24) is 0 Å². The molecule has 0 N–H and O–H groups in total. The van der Waals surface area contributed by atoms with E-state index >= 15 is 0 Å². The van der Waals surface area contributed by atoms with Gasteiger partial charge in [0.2, 0.25) is 0 Å².